The molecule has 0 saturated carbocycles. The van der Waals surface area contributed by atoms with Gasteiger partial charge in [0.15, 0.2) is 0 Å². The lowest BCUT2D eigenvalue weighted by atomic mass is 9.99. The Morgan fingerprint density at radius 2 is 1.56 bits per heavy atom. The number of para-hydroxylation sites is 1. The van der Waals surface area contributed by atoms with Crippen LogP contribution in [-0.4, -0.2) is 16.7 Å². The van der Waals surface area contributed by atoms with Gasteiger partial charge in [0.2, 0.25) is 0 Å². The van der Waals surface area contributed by atoms with Crippen molar-refractivity contribution in [2.75, 3.05) is 0 Å². The van der Waals surface area contributed by atoms with E-state index in [2.05, 4.69) is 10.3 Å². The van der Waals surface area contributed by atoms with Gasteiger partial charge in [-0.2, -0.15) is 0 Å². The molecule has 1 heterocycles. The summed E-state index contributed by atoms with van der Waals surface area (Å²) in [4.78, 5) is 28.7. The molecule has 0 spiro atoms. The number of H-pyrrole nitrogens is 1. The highest BCUT2D eigenvalue weighted by Crippen LogP contribution is 2.25. The molecule has 134 valence electrons. The normalized spacial score (nSPS) is 12.2. The molecule has 0 fully saturated rings. The number of aryl methyl sites for hydroxylation is 1. The third-order valence-electron chi connectivity index (χ3n) is 4.96. The number of carbonyl (C=O) groups excluding carboxylic acids is 2. The first-order chi connectivity index (χ1) is 13.1. The van der Waals surface area contributed by atoms with Gasteiger partial charge in [-0.3, -0.25) is 9.59 Å². The molecular weight excluding hydrogens is 336 g/mol. The maximum Gasteiger partial charge on any atom is 0.292 e. The number of benzene rings is 3. The van der Waals surface area contributed by atoms with Gasteiger partial charge < -0.3 is 10.3 Å². The third kappa shape index (κ3) is 2.99. The number of aromatic amines is 1. The molecule has 1 amide bonds. The van der Waals surface area contributed by atoms with Crippen LogP contribution in [0, 0.1) is 6.92 Å². The van der Waals surface area contributed by atoms with Crippen LogP contribution in [0.3, 0.4) is 0 Å². The Balaban J connectivity index is 1.63. The number of hydrogen-bond donors (Lipinski definition) is 2. The molecular formula is C23H20N2O2. The predicted molar refractivity (Wildman–Crippen MR) is 108 cm³/mol. The van der Waals surface area contributed by atoms with E-state index < -0.39 is 11.7 Å². The first-order valence-electron chi connectivity index (χ1n) is 8.96. The molecule has 27 heavy (non-hydrogen) atoms. The summed E-state index contributed by atoms with van der Waals surface area (Å²) >= 11 is 0. The number of fused-ring (bicyclic) bond motifs is 2. The lowest BCUT2D eigenvalue weighted by Gasteiger charge is -2.16. The van der Waals surface area contributed by atoms with Gasteiger partial charge in [0, 0.05) is 16.6 Å². The number of amides is 1. The molecule has 0 aliphatic rings. The van der Waals surface area contributed by atoms with Crippen molar-refractivity contribution < 1.29 is 9.59 Å². The summed E-state index contributed by atoms with van der Waals surface area (Å²) in [6.07, 6.45) is 0. The van der Waals surface area contributed by atoms with Crippen molar-refractivity contribution in [2.24, 2.45) is 0 Å². The molecule has 0 aliphatic heterocycles. The van der Waals surface area contributed by atoms with E-state index in [1.807, 2.05) is 80.6 Å². The first-order valence-corrected chi connectivity index (χ1v) is 8.96. The summed E-state index contributed by atoms with van der Waals surface area (Å²) in [5.74, 6) is -1.11. The largest absolute Gasteiger partial charge is 0.358 e. The van der Waals surface area contributed by atoms with Gasteiger partial charge in [0.25, 0.3) is 11.7 Å². The molecule has 0 saturated heterocycles. The second-order valence-corrected chi connectivity index (χ2v) is 6.76. The van der Waals surface area contributed by atoms with E-state index in [9.17, 15) is 9.59 Å². The number of hydrogen-bond acceptors (Lipinski definition) is 2. The lowest BCUT2D eigenvalue weighted by Crippen LogP contribution is -2.33. The average molecular weight is 356 g/mol. The molecule has 4 rings (SSSR count). The molecule has 1 aromatic heterocycles. The monoisotopic (exact) mass is 356 g/mol. The fraction of sp³-hybridized carbons (Fsp3) is 0.130. The molecule has 4 nitrogen and oxygen atoms in total. The second-order valence-electron chi connectivity index (χ2n) is 6.76. The Labute approximate surface area is 157 Å². The summed E-state index contributed by atoms with van der Waals surface area (Å²) < 4.78 is 0. The van der Waals surface area contributed by atoms with Crippen LogP contribution in [0.2, 0.25) is 0 Å². The van der Waals surface area contributed by atoms with E-state index in [4.69, 9.17) is 0 Å². The molecule has 0 radical (unpaired) electrons. The standard InChI is InChI=1S/C23H20N2O2/c1-14(17-12-7-9-16-8-3-4-10-18(16)17)25-23(27)22(26)21-15(2)24-20-13-6-5-11-19(20)21/h3-14,24H,1-2H3,(H,25,27). The highest BCUT2D eigenvalue weighted by Gasteiger charge is 2.24. The zero-order valence-electron chi connectivity index (χ0n) is 15.2. The summed E-state index contributed by atoms with van der Waals surface area (Å²) in [6, 6.07) is 21.2. The van der Waals surface area contributed by atoms with Gasteiger partial charge >= 0.3 is 0 Å². The van der Waals surface area contributed by atoms with Crippen LogP contribution in [0.25, 0.3) is 21.7 Å². The molecule has 0 bridgehead atoms. The minimum atomic E-state index is -0.594. The molecule has 1 unspecified atom stereocenters. The maximum absolute atomic E-state index is 12.8. The quantitative estimate of drug-likeness (QED) is 0.412. The zero-order chi connectivity index (χ0) is 19.0. The van der Waals surface area contributed by atoms with E-state index in [1.165, 1.54) is 0 Å². The summed E-state index contributed by atoms with van der Waals surface area (Å²) in [5, 5.41) is 5.82. The van der Waals surface area contributed by atoms with Crippen LogP contribution < -0.4 is 5.32 Å². The van der Waals surface area contributed by atoms with Crippen LogP contribution in [0.5, 0.6) is 0 Å². The van der Waals surface area contributed by atoms with E-state index in [-0.39, 0.29) is 6.04 Å². The van der Waals surface area contributed by atoms with Crippen LogP contribution in [0.4, 0.5) is 0 Å². The number of ketones is 1. The van der Waals surface area contributed by atoms with Crippen LogP contribution in [0.1, 0.15) is 34.6 Å². The Bertz CT molecular complexity index is 1170. The van der Waals surface area contributed by atoms with Gasteiger partial charge in [-0.1, -0.05) is 60.7 Å². The van der Waals surface area contributed by atoms with Crippen molar-refractivity contribution in [1.82, 2.24) is 10.3 Å². The van der Waals surface area contributed by atoms with Crippen molar-refractivity contribution >= 4 is 33.4 Å². The van der Waals surface area contributed by atoms with Crippen molar-refractivity contribution in [2.45, 2.75) is 19.9 Å². The number of rotatable bonds is 4. The minimum Gasteiger partial charge on any atom is -0.358 e. The Morgan fingerprint density at radius 1 is 0.889 bits per heavy atom. The fourth-order valence-electron chi connectivity index (χ4n) is 3.65. The van der Waals surface area contributed by atoms with Crippen molar-refractivity contribution in [1.29, 1.82) is 0 Å². The van der Waals surface area contributed by atoms with Crippen molar-refractivity contribution in [3.05, 3.63) is 83.6 Å². The highest BCUT2D eigenvalue weighted by atomic mass is 16.2. The smallest absolute Gasteiger partial charge is 0.292 e. The lowest BCUT2D eigenvalue weighted by molar-refractivity contribution is -0.117. The van der Waals surface area contributed by atoms with Gasteiger partial charge in [0.05, 0.1) is 11.6 Å². The molecule has 4 heteroatoms. The van der Waals surface area contributed by atoms with Crippen LogP contribution >= 0.6 is 0 Å². The molecule has 2 N–H and O–H groups in total. The Hall–Kier alpha value is -3.40. The van der Waals surface area contributed by atoms with Crippen LogP contribution in [0.15, 0.2) is 66.7 Å². The molecule has 0 aliphatic carbocycles. The fourth-order valence-corrected chi connectivity index (χ4v) is 3.65. The zero-order valence-corrected chi connectivity index (χ0v) is 15.2. The van der Waals surface area contributed by atoms with Gasteiger partial charge in [-0.05, 0) is 36.2 Å². The van der Waals surface area contributed by atoms with E-state index in [1.54, 1.807) is 0 Å². The number of carbonyl (C=O) groups is 2. The number of Topliss-reactive ketones (excluding diaryl/α,β-unsaturated/α-hetero) is 1. The van der Waals surface area contributed by atoms with E-state index in [0.717, 1.165) is 27.2 Å². The Kier molecular flexibility index (Phi) is 4.24. The first kappa shape index (κ1) is 17.0. The SMILES string of the molecule is Cc1[nH]c2ccccc2c1C(=O)C(=O)NC(C)c1cccc2ccccc12. The molecule has 1 atom stereocenters. The van der Waals surface area contributed by atoms with Gasteiger partial charge in [-0.15, -0.1) is 0 Å². The van der Waals surface area contributed by atoms with Gasteiger partial charge in [0.1, 0.15) is 0 Å². The Morgan fingerprint density at radius 3 is 2.37 bits per heavy atom. The maximum atomic E-state index is 12.8. The van der Waals surface area contributed by atoms with Crippen molar-refractivity contribution in [3.8, 4) is 0 Å². The average Bonchev–Trinajstić information content (AvgIpc) is 3.02. The second kappa shape index (κ2) is 6.72. The van der Waals surface area contributed by atoms with E-state index in [0.29, 0.717) is 11.3 Å². The highest BCUT2D eigenvalue weighted by molar-refractivity contribution is 6.45. The van der Waals surface area contributed by atoms with Gasteiger partial charge in [-0.25, -0.2) is 0 Å². The molecule has 3 aromatic carbocycles. The molecule has 4 aromatic rings. The van der Waals surface area contributed by atoms with Crippen molar-refractivity contribution in [3.63, 3.8) is 0 Å². The topological polar surface area (TPSA) is 62.0 Å². The summed E-state index contributed by atoms with van der Waals surface area (Å²) in [7, 11) is 0. The predicted octanol–water partition coefficient (Wildman–Crippen LogP) is 4.69. The third-order valence-corrected chi connectivity index (χ3v) is 4.96. The van der Waals surface area contributed by atoms with E-state index >= 15 is 0 Å². The van der Waals surface area contributed by atoms with Crippen LogP contribution in [-0.2, 0) is 4.79 Å². The number of aromatic nitrogens is 1. The number of nitrogens with one attached hydrogen (secondary N) is 2. The summed E-state index contributed by atoms with van der Waals surface area (Å²) in [5.41, 5.74) is 2.99. The minimum absolute atomic E-state index is 0.280. The summed E-state index contributed by atoms with van der Waals surface area (Å²) in [6.45, 7) is 3.71.